The van der Waals surface area contributed by atoms with E-state index in [1.54, 1.807) is 13.0 Å². The molecular formula is C7H8N2O. The van der Waals surface area contributed by atoms with Crippen LogP contribution in [0.2, 0.25) is 0 Å². The summed E-state index contributed by atoms with van der Waals surface area (Å²) >= 11 is 0. The second-order valence-electron chi connectivity index (χ2n) is 2.16. The van der Waals surface area contributed by atoms with E-state index in [-0.39, 0.29) is 5.88 Å². The van der Waals surface area contributed by atoms with Crippen LogP contribution in [0, 0.1) is 11.3 Å². The molecule has 1 rings (SSSR count). The van der Waals surface area contributed by atoms with Crippen LogP contribution in [0.25, 0.3) is 0 Å². The van der Waals surface area contributed by atoms with Crippen LogP contribution in [0.5, 0.6) is 0 Å². The van der Waals surface area contributed by atoms with E-state index in [0.717, 1.165) is 5.57 Å². The molecule has 0 amide bonds. The highest BCUT2D eigenvalue weighted by molar-refractivity contribution is 5.38. The third kappa shape index (κ3) is 1.11. The Hall–Kier alpha value is -1.43. The van der Waals surface area contributed by atoms with E-state index in [1.807, 2.05) is 6.07 Å². The van der Waals surface area contributed by atoms with Gasteiger partial charge in [0.2, 0.25) is 0 Å². The highest BCUT2D eigenvalue weighted by Crippen LogP contribution is 2.09. The van der Waals surface area contributed by atoms with Gasteiger partial charge < -0.3 is 10.4 Å². The summed E-state index contributed by atoms with van der Waals surface area (Å²) in [4.78, 5) is 0. The van der Waals surface area contributed by atoms with E-state index in [2.05, 4.69) is 5.32 Å². The number of aliphatic hydroxyl groups is 1. The normalized spacial score (nSPS) is 17.4. The van der Waals surface area contributed by atoms with Crippen LogP contribution in [-0.4, -0.2) is 11.7 Å². The molecule has 0 aromatic heterocycles. The van der Waals surface area contributed by atoms with Crippen molar-refractivity contribution < 1.29 is 5.11 Å². The third-order valence-corrected chi connectivity index (χ3v) is 1.41. The molecule has 0 bridgehead atoms. The Bertz CT molecular complexity index is 245. The van der Waals surface area contributed by atoms with Gasteiger partial charge in [-0.25, -0.2) is 0 Å². The van der Waals surface area contributed by atoms with E-state index in [4.69, 9.17) is 10.4 Å². The molecule has 2 N–H and O–H groups in total. The number of allylic oxidation sites excluding steroid dienone is 2. The first-order valence-corrected chi connectivity index (χ1v) is 2.98. The lowest BCUT2D eigenvalue weighted by Crippen LogP contribution is -2.20. The quantitative estimate of drug-likeness (QED) is 0.518. The fourth-order valence-corrected chi connectivity index (χ4v) is 0.789. The predicted molar refractivity (Wildman–Crippen MR) is 37.0 cm³/mol. The van der Waals surface area contributed by atoms with E-state index in [0.29, 0.717) is 12.1 Å². The van der Waals surface area contributed by atoms with Crippen molar-refractivity contribution in [3.8, 4) is 6.07 Å². The Morgan fingerprint density at radius 1 is 1.80 bits per heavy atom. The van der Waals surface area contributed by atoms with Crippen LogP contribution in [0.15, 0.2) is 23.1 Å². The van der Waals surface area contributed by atoms with Crippen molar-refractivity contribution in [3.63, 3.8) is 0 Å². The number of hydrogen-bond donors (Lipinski definition) is 2. The molecule has 1 aliphatic rings. The zero-order valence-corrected chi connectivity index (χ0v) is 5.68. The van der Waals surface area contributed by atoms with Gasteiger partial charge in [0, 0.05) is 6.08 Å². The van der Waals surface area contributed by atoms with Gasteiger partial charge >= 0.3 is 0 Å². The highest BCUT2D eigenvalue weighted by Gasteiger charge is 2.06. The molecular weight excluding hydrogens is 128 g/mol. The molecule has 0 spiro atoms. The zero-order chi connectivity index (χ0) is 7.56. The van der Waals surface area contributed by atoms with E-state index >= 15 is 0 Å². The van der Waals surface area contributed by atoms with Crippen LogP contribution in [0.3, 0.4) is 0 Å². The lowest BCUT2D eigenvalue weighted by Gasteiger charge is -2.10. The molecule has 3 nitrogen and oxygen atoms in total. The fourth-order valence-electron chi connectivity index (χ4n) is 0.789. The molecule has 0 radical (unpaired) electrons. The first-order chi connectivity index (χ1) is 4.74. The molecule has 0 atom stereocenters. The molecule has 10 heavy (non-hydrogen) atoms. The van der Waals surface area contributed by atoms with Crippen molar-refractivity contribution in [2.75, 3.05) is 6.54 Å². The minimum Gasteiger partial charge on any atom is -0.495 e. The van der Waals surface area contributed by atoms with Crippen LogP contribution in [0.4, 0.5) is 0 Å². The number of rotatable bonds is 0. The van der Waals surface area contributed by atoms with Gasteiger partial charge in [0.25, 0.3) is 0 Å². The van der Waals surface area contributed by atoms with Crippen LogP contribution < -0.4 is 5.32 Å². The van der Waals surface area contributed by atoms with Gasteiger partial charge in [0.15, 0.2) is 5.88 Å². The molecule has 0 saturated carbocycles. The lowest BCUT2D eigenvalue weighted by molar-refractivity contribution is 0.366. The van der Waals surface area contributed by atoms with E-state index < -0.39 is 0 Å². The number of nitrogens with zero attached hydrogens (tertiary/aromatic N) is 1. The number of nitrogens with one attached hydrogen (secondary N) is 1. The Balaban J connectivity index is 2.93. The van der Waals surface area contributed by atoms with Crippen molar-refractivity contribution in [2.45, 2.75) is 6.92 Å². The molecule has 0 fully saturated rings. The third-order valence-electron chi connectivity index (χ3n) is 1.41. The summed E-state index contributed by atoms with van der Waals surface area (Å²) < 4.78 is 0. The molecule has 0 saturated heterocycles. The molecule has 0 aromatic rings. The van der Waals surface area contributed by atoms with Crippen molar-refractivity contribution in [1.82, 2.24) is 5.32 Å². The summed E-state index contributed by atoms with van der Waals surface area (Å²) in [5.41, 5.74) is 1.51. The molecule has 1 heterocycles. The fraction of sp³-hybridized carbons (Fsp3) is 0.286. The van der Waals surface area contributed by atoms with E-state index in [9.17, 15) is 0 Å². The SMILES string of the molecule is CC1=C(C#N)CNC(O)=C1. The second kappa shape index (κ2) is 2.44. The molecule has 0 aromatic carbocycles. The molecule has 1 aliphatic heterocycles. The number of hydrogen-bond acceptors (Lipinski definition) is 3. The van der Waals surface area contributed by atoms with Gasteiger partial charge in [-0.15, -0.1) is 0 Å². The lowest BCUT2D eigenvalue weighted by atomic mass is 10.1. The minimum absolute atomic E-state index is 0.136. The Labute approximate surface area is 59.3 Å². The number of nitriles is 1. The van der Waals surface area contributed by atoms with Crippen molar-refractivity contribution in [3.05, 3.63) is 23.1 Å². The topological polar surface area (TPSA) is 56.0 Å². The van der Waals surface area contributed by atoms with Crippen LogP contribution in [-0.2, 0) is 0 Å². The van der Waals surface area contributed by atoms with Crippen molar-refractivity contribution in [1.29, 1.82) is 5.26 Å². The minimum atomic E-state index is 0.136. The summed E-state index contributed by atoms with van der Waals surface area (Å²) in [5, 5.41) is 20.0. The van der Waals surface area contributed by atoms with Crippen molar-refractivity contribution in [2.24, 2.45) is 0 Å². The molecule has 3 heteroatoms. The first-order valence-electron chi connectivity index (χ1n) is 2.98. The Morgan fingerprint density at radius 3 is 3.00 bits per heavy atom. The standard InChI is InChI=1S/C7H8N2O/c1-5-2-7(10)9-4-6(5)3-8/h2,9-10H,4H2,1H3. The van der Waals surface area contributed by atoms with Gasteiger partial charge in [0.1, 0.15) is 0 Å². The van der Waals surface area contributed by atoms with Gasteiger partial charge in [-0.2, -0.15) is 5.26 Å². The average Bonchev–Trinajstić information content (AvgIpc) is 1.88. The van der Waals surface area contributed by atoms with Gasteiger partial charge in [-0.3, -0.25) is 0 Å². The largest absolute Gasteiger partial charge is 0.495 e. The maximum absolute atomic E-state index is 8.90. The van der Waals surface area contributed by atoms with Gasteiger partial charge in [0.05, 0.1) is 18.2 Å². The van der Waals surface area contributed by atoms with Crippen molar-refractivity contribution >= 4 is 0 Å². The van der Waals surface area contributed by atoms with Gasteiger partial charge in [-0.1, -0.05) is 0 Å². The number of aliphatic hydroxyl groups excluding tert-OH is 1. The predicted octanol–water partition coefficient (Wildman–Crippen LogP) is 0.829. The first kappa shape index (κ1) is 6.69. The average molecular weight is 136 g/mol. The molecule has 0 unspecified atom stereocenters. The Kier molecular flexibility index (Phi) is 1.63. The molecule has 52 valence electrons. The second-order valence-corrected chi connectivity index (χ2v) is 2.16. The summed E-state index contributed by atoms with van der Waals surface area (Å²) in [7, 11) is 0. The summed E-state index contributed by atoms with van der Waals surface area (Å²) in [6.45, 7) is 2.24. The summed E-state index contributed by atoms with van der Waals surface area (Å²) in [6.07, 6.45) is 1.54. The highest BCUT2D eigenvalue weighted by atomic mass is 16.3. The summed E-state index contributed by atoms with van der Waals surface area (Å²) in [5.74, 6) is 0.136. The van der Waals surface area contributed by atoms with Crippen LogP contribution >= 0.6 is 0 Å². The van der Waals surface area contributed by atoms with E-state index in [1.165, 1.54) is 0 Å². The van der Waals surface area contributed by atoms with Gasteiger partial charge in [-0.05, 0) is 12.5 Å². The maximum atomic E-state index is 8.90. The smallest absolute Gasteiger partial charge is 0.184 e. The monoisotopic (exact) mass is 136 g/mol. The summed E-state index contributed by atoms with van der Waals surface area (Å²) in [6, 6.07) is 2.04. The zero-order valence-electron chi connectivity index (χ0n) is 5.68. The Morgan fingerprint density at radius 2 is 2.50 bits per heavy atom. The van der Waals surface area contributed by atoms with Crippen LogP contribution in [0.1, 0.15) is 6.92 Å². The number of dihydropyridines is 1. The maximum Gasteiger partial charge on any atom is 0.184 e. The molecule has 0 aliphatic carbocycles.